The van der Waals surface area contributed by atoms with Crippen molar-refractivity contribution in [3.8, 4) is 0 Å². The summed E-state index contributed by atoms with van der Waals surface area (Å²) in [6, 6.07) is 0.622. The molecule has 30 heavy (non-hydrogen) atoms. The summed E-state index contributed by atoms with van der Waals surface area (Å²) >= 11 is 0. The van der Waals surface area contributed by atoms with E-state index in [2.05, 4.69) is 49.6 Å². The minimum atomic E-state index is 0.622. The van der Waals surface area contributed by atoms with Crippen LogP contribution >= 0.6 is 0 Å². The van der Waals surface area contributed by atoms with Gasteiger partial charge in [-0.05, 0) is 26.2 Å². The second-order valence-corrected chi connectivity index (χ2v) is 9.88. The van der Waals surface area contributed by atoms with Gasteiger partial charge in [-0.1, -0.05) is 124 Å². The number of aromatic amines is 1. The van der Waals surface area contributed by atoms with E-state index < -0.39 is 0 Å². The second-order valence-electron chi connectivity index (χ2n) is 9.88. The van der Waals surface area contributed by atoms with E-state index in [-0.39, 0.29) is 0 Å². The lowest BCUT2D eigenvalue weighted by molar-refractivity contribution is -0.727. The Kier molecular flexibility index (Phi) is 17.2. The Balaban J connectivity index is 2.15. The van der Waals surface area contributed by atoms with E-state index in [0.29, 0.717) is 12.0 Å². The normalized spacial score (nSPS) is 13.6. The molecule has 176 valence electrons. The molecule has 0 aliphatic heterocycles. The molecule has 0 saturated heterocycles. The molecule has 0 saturated carbocycles. The summed E-state index contributed by atoms with van der Waals surface area (Å²) in [6.07, 6.45) is 31.1. The molecule has 0 aliphatic carbocycles. The molecule has 1 rings (SSSR count). The highest BCUT2D eigenvalue weighted by Crippen LogP contribution is 2.21. The average molecular weight is 420 g/mol. The van der Waals surface area contributed by atoms with Gasteiger partial charge in [0, 0.05) is 0 Å². The van der Waals surface area contributed by atoms with Crippen molar-refractivity contribution >= 4 is 0 Å². The molecule has 2 atom stereocenters. The third-order valence-electron chi connectivity index (χ3n) is 6.90. The maximum atomic E-state index is 3.56. The Morgan fingerprint density at radius 3 is 1.57 bits per heavy atom. The molecule has 1 heterocycles. The number of unbranched alkanes of at least 4 members (excludes halogenated alkanes) is 15. The van der Waals surface area contributed by atoms with Crippen LogP contribution in [0, 0.1) is 0 Å². The molecule has 2 nitrogen and oxygen atoms in total. The quantitative estimate of drug-likeness (QED) is 0.151. The molecule has 0 fully saturated rings. The van der Waals surface area contributed by atoms with E-state index in [1.54, 1.807) is 0 Å². The maximum absolute atomic E-state index is 3.56. The zero-order chi connectivity index (χ0) is 21.9. The first-order valence-electron chi connectivity index (χ1n) is 13.8. The van der Waals surface area contributed by atoms with Gasteiger partial charge in [-0.2, -0.15) is 0 Å². The number of nitrogens with zero attached hydrogens (tertiary/aromatic N) is 1. The van der Waals surface area contributed by atoms with Gasteiger partial charge >= 0.3 is 0 Å². The second kappa shape index (κ2) is 18.9. The van der Waals surface area contributed by atoms with Crippen LogP contribution in [-0.2, 0) is 0 Å². The molecule has 0 aliphatic rings. The lowest BCUT2D eigenvalue weighted by atomic mass is 10.00. The van der Waals surface area contributed by atoms with Gasteiger partial charge in [0.15, 0.2) is 0 Å². The maximum Gasteiger partial charge on any atom is 0.257 e. The van der Waals surface area contributed by atoms with Crippen LogP contribution in [0.15, 0.2) is 12.4 Å². The Bertz CT molecular complexity index is 479. The van der Waals surface area contributed by atoms with Gasteiger partial charge in [0.25, 0.3) is 5.82 Å². The predicted octanol–water partition coefficient (Wildman–Crippen LogP) is 9.42. The van der Waals surface area contributed by atoms with Crippen molar-refractivity contribution in [1.82, 2.24) is 4.98 Å². The summed E-state index contributed by atoms with van der Waals surface area (Å²) in [4.78, 5) is 3.56. The van der Waals surface area contributed by atoms with E-state index in [4.69, 9.17) is 0 Å². The summed E-state index contributed by atoms with van der Waals surface area (Å²) in [7, 11) is 0. The van der Waals surface area contributed by atoms with Crippen LogP contribution < -0.4 is 4.57 Å². The van der Waals surface area contributed by atoms with E-state index in [9.17, 15) is 0 Å². The van der Waals surface area contributed by atoms with Gasteiger partial charge in [-0.15, -0.1) is 0 Å². The number of hydrogen-bond donors (Lipinski definition) is 1. The van der Waals surface area contributed by atoms with Gasteiger partial charge in [-0.3, -0.25) is 0 Å². The number of aromatic nitrogens is 2. The summed E-state index contributed by atoms with van der Waals surface area (Å²) in [5.74, 6) is 2.09. The van der Waals surface area contributed by atoms with Crippen LogP contribution in [0.3, 0.4) is 0 Å². The SMILES string of the molecule is CCCCCCCCCCCC(C)c1[nH]cc[n+]1C(C)CCCCCCCCCC. The van der Waals surface area contributed by atoms with Crippen molar-refractivity contribution in [2.75, 3.05) is 0 Å². The molecule has 1 N–H and O–H groups in total. The molecule has 0 spiro atoms. The van der Waals surface area contributed by atoms with E-state index in [0.717, 1.165) is 0 Å². The summed E-state index contributed by atoms with van der Waals surface area (Å²) < 4.78 is 2.53. The highest BCUT2D eigenvalue weighted by Gasteiger charge is 2.22. The highest BCUT2D eigenvalue weighted by atomic mass is 15.1. The molecule has 0 bridgehead atoms. The van der Waals surface area contributed by atoms with Gasteiger partial charge in [0.2, 0.25) is 0 Å². The number of nitrogens with one attached hydrogen (secondary N) is 1. The first-order chi connectivity index (χ1) is 14.7. The predicted molar refractivity (Wildman–Crippen MR) is 133 cm³/mol. The third-order valence-corrected chi connectivity index (χ3v) is 6.90. The Morgan fingerprint density at radius 2 is 1.07 bits per heavy atom. The number of imidazole rings is 1. The molecular formula is C28H55N2+. The van der Waals surface area contributed by atoms with Crippen molar-refractivity contribution in [3.63, 3.8) is 0 Å². The van der Waals surface area contributed by atoms with E-state index >= 15 is 0 Å². The number of rotatable bonds is 21. The van der Waals surface area contributed by atoms with Gasteiger partial charge in [-0.25, -0.2) is 9.55 Å². The number of hydrogen-bond acceptors (Lipinski definition) is 0. The highest BCUT2D eigenvalue weighted by molar-refractivity contribution is 4.87. The smallest absolute Gasteiger partial charge is 0.247 e. The van der Waals surface area contributed by atoms with E-state index in [1.165, 1.54) is 128 Å². The molecule has 2 unspecified atom stereocenters. The first kappa shape index (κ1) is 27.2. The lowest BCUT2D eigenvalue weighted by Gasteiger charge is -2.14. The average Bonchev–Trinajstić information content (AvgIpc) is 3.24. The molecule has 0 amide bonds. The molecule has 0 radical (unpaired) electrons. The van der Waals surface area contributed by atoms with Crippen LogP contribution in [0.2, 0.25) is 0 Å². The van der Waals surface area contributed by atoms with E-state index in [1.807, 2.05) is 0 Å². The first-order valence-corrected chi connectivity index (χ1v) is 13.8. The fourth-order valence-corrected chi connectivity index (χ4v) is 4.75. The summed E-state index contributed by atoms with van der Waals surface area (Å²) in [5.41, 5.74) is 0. The summed E-state index contributed by atoms with van der Waals surface area (Å²) in [5, 5.41) is 0. The fraction of sp³-hybridized carbons (Fsp3) is 0.893. The Labute approximate surface area is 189 Å². The van der Waals surface area contributed by atoms with Crippen molar-refractivity contribution in [1.29, 1.82) is 0 Å². The molecular weight excluding hydrogens is 364 g/mol. The van der Waals surface area contributed by atoms with Crippen LogP contribution in [-0.4, -0.2) is 4.98 Å². The van der Waals surface area contributed by atoms with Crippen LogP contribution in [0.4, 0.5) is 0 Å². The lowest BCUT2D eigenvalue weighted by Crippen LogP contribution is -2.40. The summed E-state index contributed by atoms with van der Waals surface area (Å²) in [6.45, 7) is 9.41. The molecule has 0 aromatic carbocycles. The minimum absolute atomic E-state index is 0.622. The fourth-order valence-electron chi connectivity index (χ4n) is 4.75. The molecule has 2 heteroatoms. The largest absolute Gasteiger partial charge is 0.257 e. The van der Waals surface area contributed by atoms with Crippen molar-refractivity contribution in [2.24, 2.45) is 0 Å². The standard InChI is InChI=1S/C28H54N2/c1-5-7-9-11-13-15-16-18-20-22-26(3)28-29-24-25-30(28)27(4)23-21-19-17-14-12-10-8-6-2/h24-27H,5-23H2,1-4H3/p+1. The number of H-pyrrole nitrogens is 1. The van der Waals surface area contributed by atoms with Crippen molar-refractivity contribution < 1.29 is 4.57 Å². The van der Waals surface area contributed by atoms with Crippen LogP contribution in [0.25, 0.3) is 0 Å². The third kappa shape index (κ3) is 12.8. The van der Waals surface area contributed by atoms with Crippen molar-refractivity contribution in [3.05, 3.63) is 18.2 Å². The zero-order valence-electron chi connectivity index (χ0n) is 21.2. The van der Waals surface area contributed by atoms with Gasteiger partial charge < -0.3 is 0 Å². The Hall–Kier alpha value is -0.790. The van der Waals surface area contributed by atoms with Gasteiger partial charge in [0.1, 0.15) is 12.4 Å². The molecule has 1 aromatic rings. The van der Waals surface area contributed by atoms with Crippen LogP contribution in [0.1, 0.15) is 167 Å². The van der Waals surface area contributed by atoms with Crippen LogP contribution in [0.5, 0.6) is 0 Å². The topological polar surface area (TPSA) is 19.7 Å². The molecule has 1 aromatic heterocycles. The van der Waals surface area contributed by atoms with Crippen molar-refractivity contribution in [2.45, 2.75) is 162 Å². The Morgan fingerprint density at radius 1 is 0.633 bits per heavy atom. The zero-order valence-corrected chi connectivity index (χ0v) is 21.2. The van der Waals surface area contributed by atoms with Gasteiger partial charge in [0.05, 0.1) is 12.0 Å². The monoisotopic (exact) mass is 419 g/mol. The minimum Gasteiger partial charge on any atom is -0.247 e.